The first-order chi connectivity index (χ1) is 10.5. The molecule has 2 aromatic heterocycles. The molecule has 0 unspecified atom stereocenters. The van der Waals surface area contributed by atoms with Gasteiger partial charge in [-0.1, -0.05) is 0 Å². The van der Waals surface area contributed by atoms with E-state index in [0.29, 0.717) is 5.69 Å². The molecule has 0 saturated heterocycles. The summed E-state index contributed by atoms with van der Waals surface area (Å²) in [5.74, 6) is -1.54. The Morgan fingerprint density at radius 1 is 1.23 bits per heavy atom. The van der Waals surface area contributed by atoms with Gasteiger partial charge >= 0.3 is 0 Å². The van der Waals surface area contributed by atoms with E-state index in [1.54, 1.807) is 0 Å². The van der Waals surface area contributed by atoms with Gasteiger partial charge in [-0.25, -0.2) is 13.8 Å². The van der Waals surface area contributed by atoms with E-state index in [4.69, 9.17) is 0 Å². The van der Waals surface area contributed by atoms with Crippen molar-refractivity contribution < 1.29 is 13.9 Å². The molecule has 0 aliphatic rings. The van der Waals surface area contributed by atoms with Crippen molar-refractivity contribution in [1.82, 2.24) is 9.38 Å². The largest absolute Gasteiger partial charge is 0.504 e. The van der Waals surface area contributed by atoms with Crippen LogP contribution >= 0.6 is 0 Å². The molecule has 1 aromatic carbocycles. The van der Waals surface area contributed by atoms with Gasteiger partial charge in [-0.3, -0.25) is 9.20 Å². The van der Waals surface area contributed by atoms with Crippen LogP contribution in [0.1, 0.15) is 5.69 Å². The molecule has 22 heavy (non-hydrogen) atoms. The van der Waals surface area contributed by atoms with Gasteiger partial charge in [-0.05, 0) is 24.3 Å². The summed E-state index contributed by atoms with van der Waals surface area (Å²) in [6.45, 7) is 0.0582. The number of benzene rings is 1. The zero-order valence-corrected chi connectivity index (χ0v) is 11.3. The van der Waals surface area contributed by atoms with Crippen LogP contribution in [0.5, 0.6) is 5.75 Å². The average Bonchev–Trinajstić information content (AvgIpc) is 2.47. The zero-order valence-electron chi connectivity index (χ0n) is 11.3. The Morgan fingerprint density at radius 3 is 2.82 bits per heavy atom. The summed E-state index contributed by atoms with van der Waals surface area (Å²) in [5.41, 5.74) is 0.180. The normalized spacial score (nSPS) is 10.8. The summed E-state index contributed by atoms with van der Waals surface area (Å²) in [5, 5.41) is 12.5. The molecule has 0 radical (unpaired) electrons. The van der Waals surface area contributed by atoms with Crippen LogP contribution in [0, 0.1) is 11.6 Å². The minimum Gasteiger partial charge on any atom is -0.504 e. The fraction of sp³-hybridized carbons (Fsp3) is 0.0667. The number of hydrogen-bond acceptors (Lipinski definition) is 4. The second-order valence-corrected chi connectivity index (χ2v) is 4.65. The standard InChI is InChI=1S/C15H11F2N3O2/c16-9-3-4-12(11(17)6-9)18-8-10-7-14(22)20-5-1-2-13(21)15(20)19-10/h1-7,18,21H,8H2. The second kappa shape index (κ2) is 5.44. The highest BCUT2D eigenvalue weighted by Crippen LogP contribution is 2.17. The van der Waals surface area contributed by atoms with Gasteiger partial charge in [-0.15, -0.1) is 0 Å². The number of pyridine rings is 1. The maximum Gasteiger partial charge on any atom is 0.258 e. The Morgan fingerprint density at radius 2 is 2.05 bits per heavy atom. The van der Waals surface area contributed by atoms with E-state index in [9.17, 15) is 18.7 Å². The average molecular weight is 303 g/mol. The van der Waals surface area contributed by atoms with Crippen molar-refractivity contribution in [3.63, 3.8) is 0 Å². The number of anilines is 1. The molecule has 0 aliphatic heterocycles. The number of hydrogen-bond donors (Lipinski definition) is 2. The minimum absolute atomic E-state index is 0.0582. The van der Waals surface area contributed by atoms with Crippen molar-refractivity contribution >= 4 is 11.3 Å². The van der Waals surface area contributed by atoms with Crippen molar-refractivity contribution in [3.8, 4) is 5.75 Å². The van der Waals surface area contributed by atoms with Crippen LogP contribution in [-0.2, 0) is 6.54 Å². The van der Waals surface area contributed by atoms with E-state index >= 15 is 0 Å². The van der Waals surface area contributed by atoms with Crippen LogP contribution in [0.4, 0.5) is 14.5 Å². The maximum absolute atomic E-state index is 13.5. The lowest BCUT2D eigenvalue weighted by atomic mass is 10.3. The maximum atomic E-state index is 13.5. The first kappa shape index (κ1) is 14.0. The predicted molar refractivity (Wildman–Crippen MR) is 76.8 cm³/mol. The van der Waals surface area contributed by atoms with Crippen molar-refractivity contribution in [1.29, 1.82) is 0 Å². The number of aromatic nitrogens is 2. The third kappa shape index (κ3) is 2.60. The Labute approximate surface area is 123 Å². The van der Waals surface area contributed by atoms with E-state index in [1.807, 2.05) is 0 Å². The van der Waals surface area contributed by atoms with Crippen LogP contribution in [0.15, 0.2) is 47.4 Å². The van der Waals surface area contributed by atoms with E-state index < -0.39 is 11.6 Å². The van der Waals surface area contributed by atoms with Crippen molar-refractivity contribution in [2.75, 3.05) is 5.32 Å². The molecule has 7 heteroatoms. The molecular formula is C15H11F2N3O2. The molecular weight excluding hydrogens is 292 g/mol. The third-order valence-electron chi connectivity index (χ3n) is 3.11. The quantitative estimate of drug-likeness (QED) is 0.779. The number of rotatable bonds is 3. The fourth-order valence-corrected chi connectivity index (χ4v) is 2.07. The number of nitrogens with zero attached hydrogens (tertiary/aromatic N) is 2. The highest BCUT2D eigenvalue weighted by molar-refractivity contribution is 5.52. The van der Waals surface area contributed by atoms with Crippen LogP contribution in [0.3, 0.4) is 0 Å². The van der Waals surface area contributed by atoms with Gasteiger partial charge in [-0.2, -0.15) is 0 Å². The summed E-state index contributed by atoms with van der Waals surface area (Å²) in [4.78, 5) is 16.1. The molecule has 0 spiro atoms. The topological polar surface area (TPSA) is 66.6 Å². The van der Waals surface area contributed by atoms with E-state index in [-0.39, 0.29) is 29.2 Å². The molecule has 2 heterocycles. The molecule has 0 amide bonds. The highest BCUT2D eigenvalue weighted by Gasteiger charge is 2.07. The van der Waals surface area contributed by atoms with Crippen LogP contribution in [-0.4, -0.2) is 14.5 Å². The van der Waals surface area contributed by atoms with Crippen molar-refractivity contribution in [3.05, 3.63) is 70.3 Å². The monoisotopic (exact) mass is 303 g/mol. The van der Waals surface area contributed by atoms with Crippen LogP contribution < -0.4 is 10.9 Å². The predicted octanol–water partition coefficient (Wildman–Crippen LogP) is 2.29. The SMILES string of the molecule is O=c1cc(CNc2ccc(F)cc2F)nc2c(O)cccn12. The number of nitrogens with one attached hydrogen (secondary N) is 1. The lowest BCUT2D eigenvalue weighted by molar-refractivity contribution is 0.476. The summed E-state index contributed by atoms with van der Waals surface area (Å²) in [6.07, 6.45) is 1.49. The van der Waals surface area contributed by atoms with Gasteiger partial charge in [0.2, 0.25) is 0 Å². The zero-order chi connectivity index (χ0) is 15.7. The molecule has 0 saturated carbocycles. The minimum atomic E-state index is -0.736. The van der Waals surface area contributed by atoms with Gasteiger partial charge in [0.05, 0.1) is 17.9 Å². The lowest BCUT2D eigenvalue weighted by Crippen LogP contribution is -2.16. The highest BCUT2D eigenvalue weighted by atomic mass is 19.1. The molecule has 0 bridgehead atoms. The first-order valence-corrected chi connectivity index (χ1v) is 6.44. The molecule has 5 nitrogen and oxygen atoms in total. The molecule has 0 atom stereocenters. The van der Waals surface area contributed by atoms with Crippen molar-refractivity contribution in [2.45, 2.75) is 6.54 Å². The van der Waals surface area contributed by atoms with Gasteiger partial charge in [0.25, 0.3) is 5.56 Å². The molecule has 0 fully saturated rings. The van der Waals surface area contributed by atoms with E-state index in [2.05, 4.69) is 10.3 Å². The second-order valence-electron chi connectivity index (χ2n) is 4.65. The van der Waals surface area contributed by atoms with Gasteiger partial charge < -0.3 is 10.4 Å². The van der Waals surface area contributed by atoms with Gasteiger partial charge in [0, 0.05) is 18.3 Å². The molecule has 0 aliphatic carbocycles. The molecule has 3 aromatic rings. The Bertz CT molecular complexity index is 909. The Balaban J connectivity index is 1.91. The van der Waals surface area contributed by atoms with Gasteiger partial charge in [0.1, 0.15) is 11.6 Å². The fourth-order valence-electron chi connectivity index (χ4n) is 2.07. The lowest BCUT2D eigenvalue weighted by Gasteiger charge is -2.08. The van der Waals surface area contributed by atoms with Crippen LogP contribution in [0.2, 0.25) is 0 Å². The summed E-state index contributed by atoms with van der Waals surface area (Å²) < 4.78 is 27.6. The third-order valence-corrected chi connectivity index (χ3v) is 3.11. The van der Waals surface area contributed by atoms with Crippen LogP contribution in [0.25, 0.3) is 5.65 Å². The summed E-state index contributed by atoms with van der Waals surface area (Å²) in [6, 6.07) is 7.36. The number of aromatic hydroxyl groups is 1. The van der Waals surface area contributed by atoms with E-state index in [0.717, 1.165) is 12.1 Å². The van der Waals surface area contributed by atoms with Gasteiger partial charge in [0.15, 0.2) is 11.4 Å². The summed E-state index contributed by atoms with van der Waals surface area (Å²) in [7, 11) is 0. The Kier molecular flexibility index (Phi) is 3.46. The molecule has 112 valence electrons. The Hall–Kier alpha value is -2.96. The first-order valence-electron chi connectivity index (χ1n) is 6.44. The smallest absolute Gasteiger partial charge is 0.258 e. The van der Waals surface area contributed by atoms with E-state index in [1.165, 1.54) is 34.9 Å². The number of halogens is 2. The summed E-state index contributed by atoms with van der Waals surface area (Å²) >= 11 is 0. The molecule has 2 N–H and O–H groups in total. The number of fused-ring (bicyclic) bond motifs is 1. The van der Waals surface area contributed by atoms with Crippen molar-refractivity contribution in [2.24, 2.45) is 0 Å². The molecule has 3 rings (SSSR count).